The fourth-order valence-electron chi connectivity index (χ4n) is 1.50. The van der Waals surface area contributed by atoms with E-state index in [1.54, 1.807) is 25.1 Å². The summed E-state index contributed by atoms with van der Waals surface area (Å²) in [5.41, 5.74) is 0.530. The minimum Gasteiger partial charge on any atom is -0.354 e. The van der Waals surface area contributed by atoms with Crippen molar-refractivity contribution < 1.29 is 9.18 Å². The molecule has 0 saturated heterocycles. The van der Waals surface area contributed by atoms with Gasteiger partial charge in [0, 0.05) is 18.2 Å². The zero-order valence-corrected chi connectivity index (χ0v) is 10.2. The highest BCUT2D eigenvalue weighted by atomic mass is 19.1. The third-order valence-electron chi connectivity index (χ3n) is 2.50. The van der Waals surface area contributed by atoms with E-state index in [-0.39, 0.29) is 30.7 Å². The molecule has 0 aliphatic heterocycles. The highest BCUT2D eigenvalue weighted by molar-refractivity contribution is 5.78. The first-order valence-electron chi connectivity index (χ1n) is 5.76. The Hall–Kier alpha value is -1.93. The second-order valence-electron chi connectivity index (χ2n) is 3.88. The van der Waals surface area contributed by atoms with Crippen molar-refractivity contribution in [3.8, 4) is 6.07 Å². The summed E-state index contributed by atoms with van der Waals surface area (Å²) < 4.78 is 13.4. The van der Waals surface area contributed by atoms with Gasteiger partial charge in [0.2, 0.25) is 5.91 Å². The van der Waals surface area contributed by atoms with Gasteiger partial charge in [0.15, 0.2) is 0 Å². The van der Waals surface area contributed by atoms with Crippen LogP contribution >= 0.6 is 0 Å². The third-order valence-corrected chi connectivity index (χ3v) is 2.50. The van der Waals surface area contributed by atoms with Gasteiger partial charge in [-0.25, -0.2) is 4.39 Å². The number of hydrogen-bond acceptors (Lipinski definition) is 3. The van der Waals surface area contributed by atoms with Gasteiger partial charge >= 0.3 is 0 Å². The highest BCUT2D eigenvalue weighted by Gasteiger charge is 2.10. The molecule has 0 fully saturated rings. The zero-order chi connectivity index (χ0) is 13.4. The Balaban J connectivity index is 2.38. The summed E-state index contributed by atoms with van der Waals surface area (Å²) >= 11 is 0. The van der Waals surface area contributed by atoms with E-state index in [1.807, 2.05) is 6.07 Å². The number of carbonyl (C=O) groups excluding carboxylic acids is 1. The Bertz CT molecular complexity index is 442. The maximum Gasteiger partial charge on any atom is 0.234 e. The molecule has 5 heteroatoms. The first-order valence-corrected chi connectivity index (χ1v) is 5.76. The van der Waals surface area contributed by atoms with Crippen molar-refractivity contribution in [2.24, 2.45) is 0 Å². The molecular weight excluding hydrogens is 233 g/mol. The molecule has 1 atom stereocenters. The van der Waals surface area contributed by atoms with Gasteiger partial charge in [-0.05, 0) is 13.0 Å². The molecule has 0 aromatic heterocycles. The lowest BCUT2D eigenvalue weighted by atomic mass is 10.1. The zero-order valence-electron chi connectivity index (χ0n) is 10.2. The number of hydrogen-bond donors (Lipinski definition) is 2. The molecule has 1 aromatic carbocycles. The van der Waals surface area contributed by atoms with Crippen molar-refractivity contribution >= 4 is 5.91 Å². The van der Waals surface area contributed by atoms with Crippen LogP contribution in [0.25, 0.3) is 0 Å². The number of benzene rings is 1. The standard InChI is InChI=1S/C13H16FN3O/c1-10(11-5-2-3-6-12(11)14)17-9-13(18)16-8-4-7-15/h2-3,5-6,10,17H,4,8-9H2,1H3,(H,16,18)/t10-/m1/s1. The number of carbonyl (C=O) groups is 1. The van der Waals surface area contributed by atoms with E-state index in [0.717, 1.165) is 0 Å². The molecule has 0 aliphatic rings. The minimum atomic E-state index is -0.289. The van der Waals surface area contributed by atoms with Gasteiger partial charge in [0.25, 0.3) is 0 Å². The number of rotatable bonds is 6. The SMILES string of the molecule is C[C@@H](NCC(=O)NCCC#N)c1ccccc1F. The topological polar surface area (TPSA) is 64.9 Å². The second kappa shape index (κ2) is 7.41. The Kier molecular flexibility index (Phi) is 5.81. The summed E-state index contributed by atoms with van der Waals surface area (Å²) in [7, 11) is 0. The van der Waals surface area contributed by atoms with Gasteiger partial charge in [0.1, 0.15) is 5.82 Å². The second-order valence-corrected chi connectivity index (χ2v) is 3.88. The fraction of sp³-hybridized carbons (Fsp3) is 0.385. The van der Waals surface area contributed by atoms with Gasteiger partial charge in [0.05, 0.1) is 19.0 Å². The van der Waals surface area contributed by atoms with Crippen molar-refractivity contribution in [3.05, 3.63) is 35.6 Å². The molecular formula is C13H16FN3O. The van der Waals surface area contributed by atoms with Crippen molar-refractivity contribution in [1.82, 2.24) is 10.6 Å². The van der Waals surface area contributed by atoms with E-state index in [1.165, 1.54) is 6.07 Å². The minimum absolute atomic E-state index is 0.0981. The van der Waals surface area contributed by atoms with Crippen LogP contribution in [-0.2, 0) is 4.79 Å². The number of halogens is 1. The van der Waals surface area contributed by atoms with E-state index in [4.69, 9.17) is 5.26 Å². The average molecular weight is 249 g/mol. The number of nitriles is 1. The van der Waals surface area contributed by atoms with E-state index >= 15 is 0 Å². The van der Waals surface area contributed by atoms with Crippen LogP contribution in [0.2, 0.25) is 0 Å². The molecule has 0 aliphatic carbocycles. The van der Waals surface area contributed by atoms with Crippen LogP contribution in [0.1, 0.15) is 24.9 Å². The molecule has 0 saturated carbocycles. The normalized spacial score (nSPS) is 11.6. The average Bonchev–Trinajstić information content (AvgIpc) is 2.37. The van der Waals surface area contributed by atoms with Crippen molar-refractivity contribution in [1.29, 1.82) is 5.26 Å². The molecule has 18 heavy (non-hydrogen) atoms. The summed E-state index contributed by atoms with van der Waals surface area (Å²) in [6.07, 6.45) is 0.286. The lowest BCUT2D eigenvalue weighted by molar-refractivity contribution is -0.120. The summed E-state index contributed by atoms with van der Waals surface area (Å²) in [5.74, 6) is -0.490. The van der Waals surface area contributed by atoms with Crippen LogP contribution < -0.4 is 10.6 Å². The largest absolute Gasteiger partial charge is 0.354 e. The van der Waals surface area contributed by atoms with Crippen molar-refractivity contribution in [2.75, 3.05) is 13.1 Å². The maximum absolute atomic E-state index is 13.4. The van der Waals surface area contributed by atoms with Crippen LogP contribution in [0.4, 0.5) is 4.39 Å². The highest BCUT2D eigenvalue weighted by Crippen LogP contribution is 2.15. The molecule has 0 bridgehead atoms. The molecule has 4 nitrogen and oxygen atoms in total. The molecule has 96 valence electrons. The van der Waals surface area contributed by atoms with E-state index in [0.29, 0.717) is 12.1 Å². The third kappa shape index (κ3) is 4.52. The maximum atomic E-state index is 13.4. The first kappa shape index (κ1) is 14.1. The summed E-state index contributed by atoms with van der Waals surface area (Å²) in [6, 6.07) is 8.14. The van der Waals surface area contributed by atoms with Gasteiger partial charge < -0.3 is 10.6 Å². The summed E-state index contributed by atoms with van der Waals surface area (Å²) in [5, 5.41) is 13.8. The van der Waals surface area contributed by atoms with Gasteiger partial charge in [-0.1, -0.05) is 18.2 Å². The van der Waals surface area contributed by atoms with Crippen LogP contribution in [-0.4, -0.2) is 19.0 Å². The first-order chi connectivity index (χ1) is 8.65. The summed E-state index contributed by atoms with van der Waals surface area (Å²) in [4.78, 5) is 11.4. The van der Waals surface area contributed by atoms with Gasteiger partial charge in [-0.2, -0.15) is 5.26 Å². The Labute approximate surface area is 106 Å². The Morgan fingerprint density at radius 3 is 2.89 bits per heavy atom. The van der Waals surface area contributed by atoms with E-state index in [9.17, 15) is 9.18 Å². The van der Waals surface area contributed by atoms with Gasteiger partial charge in [-0.15, -0.1) is 0 Å². The fourth-order valence-corrected chi connectivity index (χ4v) is 1.50. The van der Waals surface area contributed by atoms with Crippen LogP contribution in [0.3, 0.4) is 0 Å². The molecule has 1 aromatic rings. The number of nitrogens with one attached hydrogen (secondary N) is 2. The Morgan fingerprint density at radius 1 is 1.50 bits per heavy atom. The molecule has 0 unspecified atom stereocenters. The molecule has 0 heterocycles. The van der Waals surface area contributed by atoms with Crippen molar-refractivity contribution in [3.63, 3.8) is 0 Å². The summed E-state index contributed by atoms with van der Waals surface area (Å²) in [6.45, 7) is 2.23. The molecule has 0 spiro atoms. The van der Waals surface area contributed by atoms with Crippen LogP contribution in [0, 0.1) is 17.1 Å². The lowest BCUT2D eigenvalue weighted by Crippen LogP contribution is -2.35. The van der Waals surface area contributed by atoms with Crippen molar-refractivity contribution in [2.45, 2.75) is 19.4 Å². The molecule has 2 N–H and O–H groups in total. The van der Waals surface area contributed by atoms with Gasteiger partial charge in [-0.3, -0.25) is 4.79 Å². The quantitative estimate of drug-likeness (QED) is 0.751. The Morgan fingerprint density at radius 2 is 2.22 bits per heavy atom. The predicted octanol–water partition coefficient (Wildman–Crippen LogP) is 1.51. The predicted molar refractivity (Wildman–Crippen MR) is 66.1 cm³/mol. The van der Waals surface area contributed by atoms with E-state index in [2.05, 4.69) is 10.6 Å². The molecule has 1 amide bonds. The van der Waals surface area contributed by atoms with Crippen LogP contribution in [0.15, 0.2) is 24.3 Å². The lowest BCUT2D eigenvalue weighted by Gasteiger charge is -2.14. The molecule has 1 rings (SSSR count). The smallest absolute Gasteiger partial charge is 0.234 e. The van der Waals surface area contributed by atoms with Crippen LogP contribution in [0.5, 0.6) is 0 Å². The van der Waals surface area contributed by atoms with E-state index < -0.39 is 0 Å². The number of amides is 1. The number of nitrogens with zero attached hydrogens (tertiary/aromatic N) is 1. The molecule has 0 radical (unpaired) electrons. The monoisotopic (exact) mass is 249 g/mol.